The molecular formula is C21H24N2O5S. The van der Waals surface area contributed by atoms with Gasteiger partial charge >= 0.3 is 5.97 Å². The van der Waals surface area contributed by atoms with Crippen molar-refractivity contribution in [2.24, 2.45) is 0 Å². The van der Waals surface area contributed by atoms with Crippen molar-refractivity contribution >= 4 is 32.6 Å². The zero-order chi connectivity index (χ0) is 20.6. The van der Waals surface area contributed by atoms with Gasteiger partial charge in [-0.2, -0.15) is 0 Å². The Hall–Kier alpha value is -2.48. The highest BCUT2D eigenvalue weighted by atomic mass is 32.2. The summed E-state index contributed by atoms with van der Waals surface area (Å²) in [5.41, 5.74) is 3.10. The maximum atomic E-state index is 13.0. The zero-order valence-corrected chi connectivity index (χ0v) is 17.2. The molecule has 0 spiro atoms. The van der Waals surface area contributed by atoms with E-state index in [1.54, 1.807) is 7.05 Å². The predicted molar refractivity (Wildman–Crippen MR) is 108 cm³/mol. The summed E-state index contributed by atoms with van der Waals surface area (Å²) >= 11 is 0. The second kappa shape index (κ2) is 7.74. The average molecular weight is 416 g/mol. The fourth-order valence-corrected chi connectivity index (χ4v) is 5.97. The van der Waals surface area contributed by atoms with E-state index in [4.69, 9.17) is 9.72 Å². The molecule has 0 saturated carbocycles. The molecule has 2 heterocycles. The number of amides is 1. The Bertz CT molecular complexity index is 1080. The van der Waals surface area contributed by atoms with Gasteiger partial charge in [-0.15, -0.1) is 0 Å². The summed E-state index contributed by atoms with van der Waals surface area (Å²) in [6.07, 6.45) is 4.05. The van der Waals surface area contributed by atoms with Crippen LogP contribution in [-0.2, 0) is 32.2 Å². The highest BCUT2D eigenvalue weighted by Crippen LogP contribution is 2.29. The molecule has 1 aliphatic heterocycles. The van der Waals surface area contributed by atoms with Crippen molar-refractivity contribution in [3.8, 4) is 0 Å². The van der Waals surface area contributed by atoms with Gasteiger partial charge in [-0.1, -0.05) is 18.2 Å². The van der Waals surface area contributed by atoms with Gasteiger partial charge in [-0.05, 0) is 43.7 Å². The van der Waals surface area contributed by atoms with E-state index in [0.29, 0.717) is 12.0 Å². The number of esters is 1. The first-order chi connectivity index (χ1) is 13.9. The molecule has 1 aromatic heterocycles. The average Bonchev–Trinajstić information content (AvgIpc) is 3.09. The Morgan fingerprint density at radius 2 is 1.97 bits per heavy atom. The summed E-state index contributed by atoms with van der Waals surface area (Å²) in [6, 6.07) is 7.11. The Labute approximate surface area is 170 Å². The van der Waals surface area contributed by atoms with Crippen LogP contribution in [0.25, 0.3) is 10.9 Å². The van der Waals surface area contributed by atoms with Gasteiger partial charge in [-0.3, -0.25) is 9.78 Å². The van der Waals surface area contributed by atoms with Gasteiger partial charge in [0.05, 0.1) is 22.6 Å². The summed E-state index contributed by atoms with van der Waals surface area (Å²) in [5.74, 6) is -0.870. The summed E-state index contributed by atoms with van der Waals surface area (Å²) in [4.78, 5) is 31.5. The number of para-hydroxylation sites is 1. The summed E-state index contributed by atoms with van der Waals surface area (Å²) in [7, 11) is -1.53. The number of fused-ring (bicyclic) bond motifs is 2. The molecule has 1 aliphatic carbocycles. The van der Waals surface area contributed by atoms with Crippen LogP contribution in [-0.4, -0.2) is 61.4 Å². The molecule has 1 saturated heterocycles. The van der Waals surface area contributed by atoms with E-state index in [-0.39, 0.29) is 17.5 Å². The number of nitrogens with zero attached hydrogens (tertiary/aromatic N) is 2. The van der Waals surface area contributed by atoms with E-state index in [2.05, 4.69) is 0 Å². The third-order valence-corrected chi connectivity index (χ3v) is 7.60. The quantitative estimate of drug-likeness (QED) is 0.707. The number of aromatic nitrogens is 1. The lowest BCUT2D eigenvalue weighted by molar-refractivity contribution is -0.134. The first-order valence-corrected chi connectivity index (χ1v) is 11.7. The van der Waals surface area contributed by atoms with E-state index in [0.717, 1.165) is 47.8 Å². The van der Waals surface area contributed by atoms with Crippen LogP contribution in [0.4, 0.5) is 0 Å². The normalized spacial score (nSPS) is 20.2. The molecule has 2 aliphatic rings. The number of hydrogen-bond acceptors (Lipinski definition) is 6. The molecule has 0 unspecified atom stereocenters. The Balaban J connectivity index is 1.53. The highest BCUT2D eigenvalue weighted by molar-refractivity contribution is 7.91. The minimum Gasteiger partial charge on any atom is -0.452 e. The predicted octanol–water partition coefficient (Wildman–Crippen LogP) is 1.92. The molecule has 29 heavy (non-hydrogen) atoms. The third kappa shape index (κ3) is 3.99. The molecule has 0 N–H and O–H groups in total. The van der Waals surface area contributed by atoms with Gasteiger partial charge in [0, 0.05) is 24.2 Å². The zero-order valence-electron chi connectivity index (χ0n) is 16.4. The number of benzene rings is 1. The maximum Gasteiger partial charge on any atom is 0.339 e. The molecule has 8 heteroatoms. The van der Waals surface area contributed by atoms with Crippen LogP contribution < -0.4 is 0 Å². The lowest BCUT2D eigenvalue weighted by Gasteiger charge is -2.23. The SMILES string of the molecule is CN(C(=O)COC(=O)c1c2c(nc3ccccc13)CCCC2)[C@H]1CCS(=O)(=O)C1. The molecule has 1 fully saturated rings. The number of likely N-dealkylation sites (N-methyl/N-ethyl adjacent to an activating group) is 1. The number of aryl methyl sites for hydroxylation is 1. The Kier molecular flexibility index (Phi) is 5.29. The van der Waals surface area contributed by atoms with Crippen molar-refractivity contribution in [1.29, 1.82) is 0 Å². The van der Waals surface area contributed by atoms with Crippen molar-refractivity contribution in [2.45, 2.75) is 38.1 Å². The lowest BCUT2D eigenvalue weighted by atomic mass is 9.90. The minimum absolute atomic E-state index is 0.0360. The van der Waals surface area contributed by atoms with Crippen molar-refractivity contribution in [1.82, 2.24) is 9.88 Å². The molecule has 7 nitrogen and oxygen atoms in total. The molecule has 1 aromatic carbocycles. The van der Waals surface area contributed by atoms with Gasteiger partial charge in [0.15, 0.2) is 16.4 Å². The van der Waals surface area contributed by atoms with Crippen LogP contribution in [0.2, 0.25) is 0 Å². The highest BCUT2D eigenvalue weighted by Gasteiger charge is 2.33. The van der Waals surface area contributed by atoms with E-state index in [1.807, 2.05) is 24.3 Å². The van der Waals surface area contributed by atoms with Gasteiger partial charge in [0.25, 0.3) is 5.91 Å². The molecule has 2 aromatic rings. The van der Waals surface area contributed by atoms with Gasteiger partial charge in [0.2, 0.25) is 0 Å². The number of pyridine rings is 1. The van der Waals surface area contributed by atoms with Crippen LogP contribution in [0.15, 0.2) is 24.3 Å². The number of carbonyl (C=O) groups is 2. The second-order valence-corrected chi connectivity index (χ2v) is 10.0. The monoisotopic (exact) mass is 416 g/mol. The smallest absolute Gasteiger partial charge is 0.339 e. The van der Waals surface area contributed by atoms with E-state index in [9.17, 15) is 18.0 Å². The van der Waals surface area contributed by atoms with E-state index < -0.39 is 28.3 Å². The molecule has 154 valence electrons. The summed E-state index contributed by atoms with van der Waals surface area (Å²) in [5, 5.41) is 0.737. The Morgan fingerprint density at radius 1 is 1.21 bits per heavy atom. The van der Waals surface area contributed by atoms with Crippen LogP contribution in [0.1, 0.15) is 40.9 Å². The standard InChI is InChI=1S/C21H24N2O5S/c1-23(14-10-11-29(26,27)13-14)19(24)12-28-21(25)20-15-6-2-4-8-17(15)22-18-9-5-3-7-16(18)20/h2,4,6,8,14H,3,5,7,9-13H2,1H3/t14-/m0/s1. The lowest BCUT2D eigenvalue weighted by Crippen LogP contribution is -2.40. The molecule has 4 rings (SSSR count). The fraction of sp³-hybridized carbons (Fsp3) is 0.476. The molecule has 1 atom stereocenters. The summed E-state index contributed by atoms with van der Waals surface area (Å²) < 4.78 is 28.7. The molecular weight excluding hydrogens is 392 g/mol. The third-order valence-electron chi connectivity index (χ3n) is 5.85. The number of hydrogen-bond donors (Lipinski definition) is 0. The van der Waals surface area contributed by atoms with E-state index >= 15 is 0 Å². The number of sulfone groups is 1. The van der Waals surface area contributed by atoms with Crippen LogP contribution in [0.3, 0.4) is 0 Å². The van der Waals surface area contributed by atoms with Gasteiger partial charge in [0.1, 0.15) is 0 Å². The van der Waals surface area contributed by atoms with Crippen LogP contribution in [0, 0.1) is 0 Å². The minimum atomic E-state index is -3.09. The second-order valence-electron chi connectivity index (χ2n) is 7.77. The van der Waals surface area contributed by atoms with Crippen molar-refractivity contribution in [3.63, 3.8) is 0 Å². The fourth-order valence-electron chi connectivity index (χ4n) is 4.19. The topological polar surface area (TPSA) is 93.6 Å². The maximum absolute atomic E-state index is 13.0. The largest absolute Gasteiger partial charge is 0.452 e. The van der Waals surface area contributed by atoms with Crippen molar-refractivity contribution in [2.75, 3.05) is 25.2 Å². The molecule has 1 amide bonds. The van der Waals surface area contributed by atoms with Gasteiger partial charge < -0.3 is 9.64 Å². The van der Waals surface area contributed by atoms with Crippen LogP contribution >= 0.6 is 0 Å². The molecule has 0 radical (unpaired) electrons. The van der Waals surface area contributed by atoms with Crippen molar-refractivity contribution in [3.05, 3.63) is 41.1 Å². The molecule has 0 bridgehead atoms. The first kappa shape index (κ1) is 19.8. The van der Waals surface area contributed by atoms with Crippen molar-refractivity contribution < 1.29 is 22.7 Å². The number of carbonyl (C=O) groups excluding carboxylic acids is 2. The van der Waals surface area contributed by atoms with Crippen LogP contribution in [0.5, 0.6) is 0 Å². The Morgan fingerprint density at radius 3 is 2.72 bits per heavy atom. The van der Waals surface area contributed by atoms with E-state index in [1.165, 1.54) is 4.90 Å². The number of ether oxygens (including phenoxy) is 1. The first-order valence-electron chi connectivity index (χ1n) is 9.89. The number of rotatable bonds is 4. The van der Waals surface area contributed by atoms with Gasteiger partial charge in [-0.25, -0.2) is 13.2 Å². The summed E-state index contributed by atoms with van der Waals surface area (Å²) in [6.45, 7) is -0.405.